The Morgan fingerprint density at radius 3 is 2.67 bits per heavy atom. The minimum absolute atomic E-state index is 0.0984. The summed E-state index contributed by atoms with van der Waals surface area (Å²) < 4.78 is 1.71. The maximum absolute atomic E-state index is 12.7. The standard InChI is InChI=1S/C21H23ClN6OS/c1-15-6-7-16(2)19(12-15)28-21(23-24-25-28)30-14-20(29)27-10-8-26(9-11-27)18-5-3-4-17(22)13-18/h3-7,12-13H,8-11,14H2,1-2H3. The molecular weight excluding hydrogens is 420 g/mol. The Bertz CT molecular complexity index is 1050. The van der Waals surface area contributed by atoms with E-state index >= 15 is 0 Å². The van der Waals surface area contributed by atoms with Crippen LogP contribution in [0.4, 0.5) is 5.69 Å². The Morgan fingerprint density at radius 1 is 1.10 bits per heavy atom. The lowest BCUT2D eigenvalue weighted by molar-refractivity contribution is -0.128. The molecule has 0 aliphatic carbocycles. The number of anilines is 1. The van der Waals surface area contributed by atoms with Crippen LogP contribution in [0.25, 0.3) is 5.69 Å². The van der Waals surface area contributed by atoms with E-state index in [0.717, 1.165) is 40.6 Å². The topological polar surface area (TPSA) is 67.2 Å². The van der Waals surface area contributed by atoms with Gasteiger partial charge in [0.05, 0.1) is 11.4 Å². The normalized spacial score (nSPS) is 14.2. The highest BCUT2D eigenvalue weighted by Gasteiger charge is 2.22. The summed E-state index contributed by atoms with van der Waals surface area (Å²) in [7, 11) is 0. The average molecular weight is 443 g/mol. The van der Waals surface area contributed by atoms with Crippen LogP contribution in [0.1, 0.15) is 11.1 Å². The number of aromatic nitrogens is 4. The molecule has 1 amide bonds. The molecule has 7 nitrogen and oxygen atoms in total. The number of rotatable bonds is 5. The van der Waals surface area contributed by atoms with Crippen molar-refractivity contribution in [1.82, 2.24) is 25.1 Å². The monoisotopic (exact) mass is 442 g/mol. The molecule has 0 N–H and O–H groups in total. The van der Waals surface area contributed by atoms with Gasteiger partial charge in [-0.1, -0.05) is 41.6 Å². The van der Waals surface area contributed by atoms with Crippen LogP contribution in [0.15, 0.2) is 47.6 Å². The predicted octanol–water partition coefficient (Wildman–Crippen LogP) is 3.37. The van der Waals surface area contributed by atoms with E-state index < -0.39 is 0 Å². The van der Waals surface area contributed by atoms with Crippen molar-refractivity contribution in [2.75, 3.05) is 36.8 Å². The van der Waals surface area contributed by atoms with E-state index in [1.165, 1.54) is 11.8 Å². The summed E-state index contributed by atoms with van der Waals surface area (Å²) in [4.78, 5) is 16.9. The first-order valence-electron chi connectivity index (χ1n) is 9.78. The number of amides is 1. The third kappa shape index (κ3) is 4.60. The fourth-order valence-corrected chi connectivity index (χ4v) is 4.44. The van der Waals surface area contributed by atoms with Crippen LogP contribution in [0, 0.1) is 13.8 Å². The summed E-state index contributed by atoms with van der Waals surface area (Å²) >= 11 is 7.47. The lowest BCUT2D eigenvalue weighted by Crippen LogP contribution is -2.49. The Labute approximate surface area is 185 Å². The van der Waals surface area contributed by atoms with Crippen molar-refractivity contribution >= 4 is 35.0 Å². The van der Waals surface area contributed by atoms with E-state index in [-0.39, 0.29) is 5.91 Å². The van der Waals surface area contributed by atoms with Crippen molar-refractivity contribution in [2.45, 2.75) is 19.0 Å². The highest BCUT2D eigenvalue weighted by Crippen LogP contribution is 2.23. The Balaban J connectivity index is 1.35. The second-order valence-electron chi connectivity index (χ2n) is 7.30. The molecule has 1 fully saturated rings. The van der Waals surface area contributed by atoms with E-state index in [2.05, 4.69) is 26.5 Å². The molecule has 1 saturated heterocycles. The third-order valence-electron chi connectivity index (χ3n) is 5.16. The van der Waals surface area contributed by atoms with Crippen molar-refractivity contribution in [3.63, 3.8) is 0 Å². The number of thioether (sulfide) groups is 1. The zero-order chi connectivity index (χ0) is 21.1. The first-order chi connectivity index (χ1) is 14.5. The third-order valence-corrected chi connectivity index (χ3v) is 6.30. The van der Waals surface area contributed by atoms with Gasteiger partial charge in [0.25, 0.3) is 0 Å². The molecule has 156 valence electrons. The first-order valence-corrected chi connectivity index (χ1v) is 11.1. The smallest absolute Gasteiger partial charge is 0.233 e. The van der Waals surface area contributed by atoms with Crippen LogP contribution in [0.5, 0.6) is 0 Å². The number of benzene rings is 2. The molecule has 4 rings (SSSR count). The number of carbonyl (C=O) groups excluding carboxylic acids is 1. The van der Waals surface area contributed by atoms with Crippen molar-refractivity contribution in [2.24, 2.45) is 0 Å². The molecule has 0 saturated carbocycles. The zero-order valence-electron chi connectivity index (χ0n) is 17.0. The van der Waals surface area contributed by atoms with Gasteiger partial charge in [-0.05, 0) is 59.7 Å². The Kier molecular flexibility index (Phi) is 6.24. The van der Waals surface area contributed by atoms with E-state index in [9.17, 15) is 4.79 Å². The van der Waals surface area contributed by atoms with Crippen LogP contribution >= 0.6 is 23.4 Å². The van der Waals surface area contributed by atoms with Crippen LogP contribution < -0.4 is 4.90 Å². The molecule has 9 heteroatoms. The molecule has 0 unspecified atom stereocenters. The van der Waals surface area contributed by atoms with Gasteiger partial charge < -0.3 is 9.80 Å². The van der Waals surface area contributed by atoms with Crippen molar-refractivity contribution in [1.29, 1.82) is 0 Å². The van der Waals surface area contributed by atoms with Gasteiger partial charge in [-0.15, -0.1) is 5.10 Å². The minimum atomic E-state index is 0.0984. The summed E-state index contributed by atoms with van der Waals surface area (Å²) in [5.74, 6) is 0.406. The van der Waals surface area contributed by atoms with E-state index in [1.54, 1.807) is 4.68 Å². The molecule has 0 bridgehead atoms. The molecule has 0 radical (unpaired) electrons. The molecule has 1 aliphatic rings. The van der Waals surface area contributed by atoms with Crippen molar-refractivity contribution < 1.29 is 4.79 Å². The van der Waals surface area contributed by atoms with Gasteiger partial charge in [0, 0.05) is 36.9 Å². The molecule has 1 aliphatic heterocycles. The average Bonchev–Trinajstić information content (AvgIpc) is 3.22. The molecule has 1 aromatic heterocycles. The van der Waals surface area contributed by atoms with E-state index in [0.29, 0.717) is 24.0 Å². The molecule has 0 atom stereocenters. The first kappa shape index (κ1) is 20.7. The molecule has 2 aromatic carbocycles. The van der Waals surface area contributed by atoms with Crippen molar-refractivity contribution in [3.8, 4) is 5.69 Å². The number of hydrogen-bond donors (Lipinski definition) is 0. The summed E-state index contributed by atoms with van der Waals surface area (Å²) in [6.45, 7) is 7.01. The van der Waals surface area contributed by atoms with Crippen molar-refractivity contribution in [3.05, 3.63) is 58.6 Å². The Morgan fingerprint density at radius 2 is 1.90 bits per heavy atom. The van der Waals surface area contributed by atoms with Gasteiger partial charge in [0.2, 0.25) is 11.1 Å². The van der Waals surface area contributed by atoms with Gasteiger partial charge in [-0.25, -0.2) is 0 Å². The summed E-state index contributed by atoms with van der Waals surface area (Å²) in [6.07, 6.45) is 0. The molecule has 0 spiro atoms. The molecule has 2 heterocycles. The van der Waals surface area contributed by atoms with E-state index in [4.69, 9.17) is 11.6 Å². The maximum atomic E-state index is 12.7. The quantitative estimate of drug-likeness (QED) is 0.564. The minimum Gasteiger partial charge on any atom is -0.368 e. The molecule has 30 heavy (non-hydrogen) atoms. The van der Waals surface area contributed by atoms with Crippen LogP contribution in [-0.2, 0) is 4.79 Å². The van der Waals surface area contributed by atoms with Gasteiger partial charge in [-0.2, -0.15) is 4.68 Å². The van der Waals surface area contributed by atoms with Gasteiger partial charge in [0.15, 0.2) is 0 Å². The lowest BCUT2D eigenvalue weighted by atomic mass is 10.1. The van der Waals surface area contributed by atoms with Crippen LogP contribution in [0.3, 0.4) is 0 Å². The number of carbonyl (C=O) groups is 1. The van der Waals surface area contributed by atoms with Gasteiger partial charge in [-0.3, -0.25) is 4.79 Å². The van der Waals surface area contributed by atoms with Gasteiger partial charge >= 0.3 is 0 Å². The number of halogens is 1. The summed E-state index contributed by atoms with van der Waals surface area (Å²) in [5.41, 5.74) is 4.25. The maximum Gasteiger partial charge on any atom is 0.233 e. The Hall–Kier alpha value is -2.58. The highest BCUT2D eigenvalue weighted by atomic mass is 35.5. The lowest BCUT2D eigenvalue weighted by Gasteiger charge is -2.36. The number of aryl methyl sites for hydroxylation is 2. The van der Waals surface area contributed by atoms with Crippen LogP contribution in [0.2, 0.25) is 5.02 Å². The molecular formula is C21H23ClN6OS. The van der Waals surface area contributed by atoms with Crippen LogP contribution in [-0.4, -0.2) is 62.9 Å². The van der Waals surface area contributed by atoms with E-state index in [1.807, 2.05) is 55.1 Å². The fraction of sp³-hybridized carbons (Fsp3) is 0.333. The number of nitrogens with zero attached hydrogens (tertiary/aromatic N) is 6. The summed E-state index contributed by atoms with van der Waals surface area (Å²) in [5, 5.41) is 13.4. The zero-order valence-corrected chi connectivity index (χ0v) is 18.5. The summed E-state index contributed by atoms with van der Waals surface area (Å²) in [6, 6.07) is 14.0. The fourth-order valence-electron chi connectivity index (χ4n) is 3.47. The second-order valence-corrected chi connectivity index (χ2v) is 8.68. The predicted molar refractivity (Wildman–Crippen MR) is 120 cm³/mol. The SMILES string of the molecule is Cc1ccc(C)c(-n2nnnc2SCC(=O)N2CCN(c3cccc(Cl)c3)CC2)c1. The number of tetrazole rings is 1. The highest BCUT2D eigenvalue weighted by molar-refractivity contribution is 7.99. The van der Waals surface area contributed by atoms with Gasteiger partial charge in [0.1, 0.15) is 0 Å². The number of hydrogen-bond acceptors (Lipinski definition) is 6. The largest absolute Gasteiger partial charge is 0.368 e. The molecule has 3 aromatic rings. The number of piperazine rings is 1. The second kappa shape index (κ2) is 9.06.